The van der Waals surface area contributed by atoms with E-state index in [-0.39, 0.29) is 0 Å². The van der Waals surface area contributed by atoms with Gasteiger partial charge < -0.3 is 5.32 Å². The van der Waals surface area contributed by atoms with Crippen LogP contribution in [-0.2, 0) is 0 Å². The summed E-state index contributed by atoms with van der Waals surface area (Å²) in [6.45, 7) is 6.26. The van der Waals surface area contributed by atoms with Crippen molar-refractivity contribution in [3.05, 3.63) is 17.0 Å². The summed E-state index contributed by atoms with van der Waals surface area (Å²) in [5, 5.41) is 12.7. The Kier molecular flexibility index (Phi) is 2.37. The molecule has 0 aromatic carbocycles. The summed E-state index contributed by atoms with van der Waals surface area (Å²) in [6.07, 6.45) is 0. The molecule has 0 radical (unpaired) electrons. The van der Waals surface area contributed by atoms with Crippen LogP contribution in [0.3, 0.4) is 0 Å². The SMILES string of the molecule is Cc1cc2cc(NC(C)C)nnc2s1. The molecular formula is C10H13N3S. The van der Waals surface area contributed by atoms with Crippen LogP contribution in [0.4, 0.5) is 5.82 Å². The van der Waals surface area contributed by atoms with E-state index in [4.69, 9.17) is 0 Å². The van der Waals surface area contributed by atoms with Crippen LogP contribution >= 0.6 is 11.3 Å². The molecule has 0 aliphatic heterocycles. The van der Waals surface area contributed by atoms with Crippen molar-refractivity contribution in [3.63, 3.8) is 0 Å². The van der Waals surface area contributed by atoms with E-state index in [1.807, 2.05) is 6.07 Å². The molecule has 0 amide bonds. The maximum Gasteiger partial charge on any atom is 0.149 e. The van der Waals surface area contributed by atoms with Gasteiger partial charge in [-0.1, -0.05) is 0 Å². The zero-order chi connectivity index (χ0) is 10.1. The van der Waals surface area contributed by atoms with Gasteiger partial charge in [0.15, 0.2) is 0 Å². The van der Waals surface area contributed by atoms with Gasteiger partial charge in [0.2, 0.25) is 0 Å². The van der Waals surface area contributed by atoms with Crippen molar-refractivity contribution in [1.82, 2.24) is 10.2 Å². The van der Waals surface area contributed by atoms with Crippen LogP contribution in [0.15, 0.2) is 12.1 Å². The second-order valence-corrected chi connectivity index (χ2v) is 4.88. The van der Waals surface area contributed by atoms with Crippen molar-refractivity contribution >= 4 is 27.4 Å². The first-order chi connectivity index (χ1) is 6.65. The Morgan fingerprint density at radius 2 is 2.07 bits per heavy atom. The highest BCUT2D eigenvalue weighted by Crippen LogP contribution is 2.23. The Morgan fingerprint density at radius 3 is 2.79 bits per heavy atom. The molecule has 0 saturated carbocycles. The molecule has 3 nitrogen and oxygen atoms in total. The van der Waals surface area contributed by atoms with Crippen molar-refractivity contribution in [2.45, 2.75) is 26.8 Å². The molecule has 0 atom stereocenters. The molecule has 2 aromatic rings. The van der Waals surface area contributed by atoms with E-state index in [1.165, 1.54) is 10.3 Å². The maximum absolute atomic E-state index is 4.16. The molecule has 0 unspecified atom stereocenters. The minimum atomic E-state index is 0.390. The number of anilines is 1. The maximum atomic E-state index is 4.16. The second kappa shape index (κ2) is 3.53. The fraction of sp³-hybridized carbons (Fsp3) is 0.400. The molecule has 2 aromatic heterocycles. The standard InChI is InChI=1S/C10H13N3S/c1-6(2)11-9-5-8-4-7(3)14-10(8)13-12-9/h4-6H,1-3H3,(H,11,12). The van der Waals surface area contributed by atoms with Crippen molar-refractivity contribution < 1.29 is 0 Å². The highest BCUT2D eigenvalue weighted by atomic mass is 32.1. The number of aryl methyl sites for hydroxylation is 1. The van der Waals surface area contributed by atoms with E-state index >= 15 is 0 Å². The van der Waals surface area contributed by atoms with Gasteiger partial charge in [-0.25, -0.2) is 0 Å². The Balaban J connectivity index is 2.40. The molecule has 0 bridgehead atoms. The van der Waals surface area contributed by atoms with Crippen LogP contribution in [0.2, 0.25) is 0 Å². The fourth-order valence-electron chi connectivity index (χ4n) is 1.34. The van der Waals surface area contributed by atoms with Crippen molar-refractivity contribution in [2.75, 3.05) is 5.32 Å². The van der Waals surface area contributed by atoms with E-state index in [9.17, 15) is 0 Å². The van der Waals surface area contributed by atoms with Crippen molar-refractivity contribution in [1.29, 1.82) is 0 Å². The first kappa shape index (κ1) is 9.40. The lowest BCUT2D eigenvalue weighted by Gasteiger charge is -2.07. The minimum absolute atomic E-state index is 0.390. The number of fused-ring (bicyclic) bond motifs is 1. The molecule has 0 fully saturated rings. The number of thiophene rings is 1. The number of nitrogens with zero attached hydrogens (tertiary/aromatic N) is 2. The monoisotopic (exact) mass is 207 g/mol. The highest BCUT2D eigenvalue weighted by Gasteiger charge is 2.03. The third kappa shape index (κ3) is 1.85. The summed E-state index contributed by atoms with van der Waals surface area (Å²) >= 11 is 1.68. The normalized spacial score (nSPS) is 11.1. The van der Waals surface area contributed by atoms with Gasteiger partial charge in [-0.3, -0.25) is 0 Å². The van der Waals surface area contributed by atoms with Gasteiger partial charge in [-0.2, -0.15) is 0 Å². The summed E-state index contributed by atoms with van der Waals surface area (Å²) in [5.41, 5.74) is 0. The first-order valence-electron chi connectivity index (χ1n) is 4.65. The molecule has 14 heavy (non-hydrogen) atoms. The zero-order valence-electron chi connectivity index (χ0n) is 8.53. The molecule has 2 heterocycles. The topological polar surface area (TPSA) is 37.8 Å². The van der Waals surface area contributed by atoms with Crippen LogP contribution in [0.5, 0.6) is 0 Å². The average Bonchev–Trinajstić information content (AvgIpc) is 2.42. The molecule has 0 saturated heterocycles. The molecule has 4 heteroatoms. The quantitative estimate of drug-likeness (QED) is 0.822. The van der Waals surface area contributed by atoms with Crippen molar-refractivity contribution in [3.8, 4) is 0 Å². The number of hydrogen-bond donors (Lipinski definition) is 1. The van der Waals surface area contributed by atoms with Crippen LogP contribution in [0.1, 0.15) is 18.7 Å². The van der Waals surface area contributed by atoms with Crippen LogP contribution in [0.25, 0.3) is 10.2 Å². The van der Waals surface area contributed by atoms with Gasteiger partial charge >= 0.3 is 0 Å². The van der Waals surface area contributed by atoms with Gasteiger partial charge in [0, 0.05) is 16.3 Å². The lowest BCUT2D eigenvalue weighted by atomic mass is 10.3. The third-order valence-corrected chi connectivity index (χ3v) is 2.79. The van der Waals surface area contributed by atoms with E-state index < -0.39 is 0 Å². The number of nitrogens with one attached hydrogen (secondary N) is 1. The zero-order valence-corrected chi connectivity index (χ0v) is 9.35. The molecular weight excluding hydrogens is 194 g/mol. The largest absolute Gasteiger partial charge is 0.366 e. The Hall–Kier alpha value is -1.16. The highest BCUT2D eigenvalue weighted by molar-refractivity contribution is 7.18. The van der Waals surface area contributed by atoms with Gasteiger partial charge in [0.05, 0.1) is 0 Å². The number of aromatic nitrogens is 2. The van der Waals surface area contributed by atoms with E-state index in [0.29, 0.717) is 6.04 Å². The predicted octanol–water partition coefficient (Wildman–Crippen LogP) is 2.82. The summed E-state index contributed by atoms with van der Waals surface area (Å²) < 4.78 is 0. The van der Waals surface area contributed by atoms with Gasteiger partial charge in [-0.15, -0.1) is 21.5 Å². The van der Waals surface area contributed by atoms with Crippen LogP contribution < -0.4 is 5.32 Å². The van der Waals surface area contributed by atoms with E-state index in [1.54, 1.807) is 11.3 Å². The van der Waals surface area contributed by atoms with E-state index in [0.717, 1.165) is 10.6 Å². The first-order valence-corrected chi connectivity index (χ1v) is 5.47. The second-order valence-electron chi connectivity index (χ2n) is 3.65. The van der Waals surface area contributed by atoms with Crippen molar-refractivity contribution in [2.24, 2.45) is 0 Å². The third-order valence-electron chi connectivity index (χ3n) is 1.84. The molecule has 2 rings (SSSR count). The van der Waals surface area contributed by atoms with E-state index in [2.05, 4.69) is 42.4 Å². The number of rotatable bonds is 2. The fourth-order valence-corrected chi connectivity index (χ4v) is 2.15. The smallest absolute Gasteiger partial charge is 0.149 e. The van der Waals surface area contributed by atoms with Gasteiger partial charge in [-0.05, 0) is 32.9 Å². The van der Waals surface area contributed by atoms with Crippen LogP contribution in [0, 0.1) is 6.92 Å². The Labute approximate surface area is 87.2 Å². The Morgan fingerprint density at radius 1 is 1.29 bits per heavy atom. The molecule has 74 valence electrons. The average molecular weight is 207 g/mol. The molecule has 0 aliphatic rings. The molecule has 0 spiro atoms. The molecule has 1 N–H and O–H groups in total. The Bertz CT molecular complexity index is 448. The molecule has 0 aliphatic carbocycles. The van der Waals surface area contributed by atoms with Gasteiger partial charge in [0.25, 0.3) is 0 Å². The minimum Gasteiger partial charge on any atom is -0.366 e. The van der Waals surface area contributed by atoms with Gasteiger partial charge in [0.1, 0.15) is 10.6 Å². The summed E-state index contributed by atoms with van der Waals surface area (Å²) in [5.74, 6) is 0.852. The summed E-state index contributed by atoms with van der Waals surface area (Å²) in [4.78, 5) is 2.29. The summed E-state index contributed by atoms with van der Waals surface area (Å²) in [7, 11) is 0. The number of hydrogen-bond acceptors (Lipinski definition) is 4. The predicted molar refractivity (Wildman–Crippen MR) is 60.9 cm³/mol. The summed E-state index contributed by atoms with van der Waals surface area (Å²) in [6, 6.07) is 4.58. The lowest BCUT2D eigenvalue weighted by Crippen LogP contribution is -2.11. The van der Waals surface area contributed by atoms with Crippen LogP contribution in [-0.4, -0.2) is 16.2 Å². The lowest BCUT2D eigenvalue weighted by molar-refractivity contribution is 0.879.